The number of hydrogen-bond acceptors (Lipinski definition) is 6. The zero-order valence-corrected chi connectivity index (χ0v) is 15.1. The highest BCUT2D eigenvalue weighted by molar-refractivity contribution is 7.13. The molecule has 2 atom stereocenters. The van der Waals surface area contributed by atoms with Crippen molar-refractivity contribution in [2.75, 3.05) is 38.6 Å². The number of rotatable bonds is 5. The quantitative estimate of drug-likeness (QED) is 0.893. The average molecular weight is 345 g/mol. The molecule has 1 saturated heterocycles. The third-order valence-electron chi connectivity index (χ3n) is 4.21. The van der Waals surface area contributed by atoms with Crippen LogP contribution >= 0.6 is 11.3 Å². The fourth-order valence-corrected chi connectivity index (χ4v) is 3.91. The first-order valence-electron chi connectivity index (χ1n) is 8.06. The highest BCUT2D eigenvalue weighted by atomic mass is 32.1. The van der Waals surface area contributed by atoms with Gasteiger partial charge >= 0.3 is 0 Å². The Hall–Kier alpha value is -1.99. The molecule has 3 heterocycles. The highest BCUT2D eigenvalue weighted by Crippen LogP contribution is 2.23. The van der Waals surface area contributed by atoms with Crippen LogP contribution in [0.2, 0.25) is 0 Å². The van der Waals surface area contributed by atoms with E-state index >= 15 is 0 Å². The monoisotopic (exact) mass is 345 g/mol. The topological polar surface area (TPSA) is 61.4 Å². The zero-order valence-electron chi connectivity index (χ0n) is 14.3. The molecule has 1 N–H and O–H groups in total. The first-order chi connectivity index (χ1) is 11.5. The molecule has 0 saturated carbocycles. The Morgan fingerprint density at radius 2 is 2.21 bits per heavy atom. The Kier molecular flexibility index (Phi) is 5.11. The van der Waals surface area contributed by atoms with E-state index in [4.69, 9.17) is 0 Å². The van der Waals surface area contributed by atoms with Crippen LogP contribution in [0.4, 0.5) is 5.82 Å². The lowest BCUT2D eigenvalue weighted by molar-refractivity contribution is 0.0932. The molecule has 0 radical (unpaired) electrons. The van der Waals surface area contributed by atoms with Gasteiger partial charge in [0.25, 0.3) is 5.91 Å². The number of carbonyl (C=O) groups is 1. The van der Waals surface area contributed by atoms with Gasteiger partial charge in [-0.2, -0.15) is 0 Å². The molecule has 1 amide bonds. The SMILES string of the molecule is Cc1ccc(C(=O)N[C@@H]2CN(c3ccncn3)C[C@H]2CN(C)C)s1. The molecule has 7 heteroatoms. The summed E-state index contributed by atoms with van der Waals surface area (Å²) < 4.78 is 0. The van der Waals surface area contributed by atoms with E-state index in [9.17, 15) is 4.79 Å². The van der Waals surface area contributed by atoms with Gasteiger partial charge < -0.3 is 15.1 Å². The summed E-state index contributed by atoms with van der Waals surface area (Å²) in [6.07, 6.45) is 3.32. The van der Waals surface area contributed by atoms with Crippen LogP contribution < -0.4 is 10.2 Å². The summed E-state index contributed by atoms with van der Waals surface area (Å²) in [6, 6.07) is 5.91. The summed E-state index contributed by atoms with van der Waals surface area (Å²) >= 11 is 1.53. The minimum atomic E-state index is 0.0198. The molecule has 0 bridgehead atoms. The minimum absolute atomic E-state index is 0.0198. The summed E-state index contributed by atoms with van der Waals surface area (Å²) in [5.41, 5.74) is 0. The lowest BCUT2D eigenvalue weighted by Gasteiger charge is -2.22. The molecule has 1 aliphatic rings. The average Bonchev–Trinajstić information content (AvgIpc) is 3.15. The van der Waals surface area contributed by atoms with E-state index < -0.39 is 0 Å². The molecule has 0 aliphatic carbocycles. The van der Waals surface area contributed by atoms with Gasteiger partial charge in [-0.3, -0.25) is 4.79 Å². The van der Waals surface area contributed by atoms with Gasteiger partial charge in [0, 0.05) is 36.6 Å². The van der Waals surface area contributed by atoms with Crippen LogP contribution in [-0.2, 0) is 0 Å². The first kappa shape index (κ1) is 16.9. The van der Waals surface area contributed by atoms with Crippen LogP contribution in [0.3, 0.4) is 0 Å². The number of carbonyl (C=O) groups excluding carboxylic acids is 1. The molecule has 0 spiro atoms. The lowest BCUT2D eigenvalue weighted by Crippen LogP contribution is -2.43. The van der Waals surface area contributed by atoms with Crippen LogP contribution in [0.25, 0.3) is 0 Å². The Morgan fingerprint density at radius 3 is 2.83 bits per heavy atom. The van der Waals surface area contributed by atoms with Crippen LogP contribution in [0.15, 0.2) is 30.7 Å². The van der Waals surface area contributed by atoms with Gasteiger partial charge in [-0.1, -0.05) is 0 Å². The Balaban J connectivity index is 1.72. The van der Waals surface area contributed by atoms with Crippen molar-refractivity contribution in [1.82, 2.24) is 20.2 Å². The normalized spacial score (nSPS) is 20.6. The van der Waals surface area contributed by atoms with Crippen molar-refractivity contribution >= 4 is 23.1 Å². The van der Waals surface area contributed by atoms with Crippen LogP contribution in [0, 0.1) is 12.8 Å². The minimum Gasteiger partial charge on any atom is -0.354 e. The van der Waals surface area contributed by atoms with Gasteiger partial charge in [-0.15, -0.1) is 11.3 Å². The number of aromatic nitrogens is 2. The largest absolute Gasteiger partial charge is 0.354 e. The van der Waals surface area contributed by atoms with E-state index in [2.05, 4.69) is 39.2 Å². The molecule has 0 unspecified atom stereocenters. The first-order valence-corrected chi connectivity index (χ1v) is 8.87. The van der Waals surface area contributed by atoms with E-state index in [1.54, 1.807) is 12.5 Å². The molecule has 1 fully saturated rings. The van der Waals surface area contributed by atoms with E-state index in [0.29, 0.717) is 5.92 Å². The van der Waals surface area contributed by atoms with Crippen LogP contribution in [0.1, 0.15) is 14.5 Å². The highest BCUT2D eigenvalue weighted by Gasteiger charge is 2.35. The Labute approximate surface area is 146 Å². The number of nitrogens with one attached hydrogen (secondary N) is 1. The predicted octanol–water partition coefficient (Wildman–Crippen LogP) is 1.64. The number of hydrogen-bond donors (Lipinski definition) is 1. The van der Waals surface area contributed by atoms with Crippen molar-refractivity contribution in [3.63, 3.8) is 0 Å². The predicted molar refractivity (Wildman–Crippen MR) is 96.6 cm³/mol. The third kappa shape index (κ3) is 3.91. The lowest BCUT2D eigenvalue weighted by atomic mass is 10.0. The van der Waals surface area contributed by atoms with Crippen molar-refractivity contribution in [2.24, 2.45) is 5.92 Å². The molecular weight excluding hydrogens is 322 g/mol. The van der Waals surface area contributed by atoms with E-state index in [-0.39, 0.29) is 11.9 Å². The summed E-state index contributed by atoms with van der Waals surface area (Å²) in [5.74, 6) is 1.30. The summed E-state index contributed by atoms with van der Waals surface area (Å²) in [4.78, 5) is 27.2. The van der Waals surface area contributed by atoms with Crippen molar-refractivity contribution in [3.05, 3.63) is 40.5 Å². The summed E-state index contributed by atoms with van der Waals surface area (Å²) in [6.45, 7) is 4.59. The third-order valence-corrected chi connectivity index (χ3v) is 5.21. The van der Waals surface area contributed by atoms with Crippen LogP contribution in [-0.4, -0.2) is 60.5 Å². The summed E-state index contributed by atoms with van der Waals surface area (Å²) in [7, 11) is 4.13. The molecule has 6 nitrogen and oxygen atoms in total. The number of aryl methyl sites for hydroxylation is 1. The van der Waals surface area contributed by atoms with Gasteiger partial charge in [0.15, 0.2) is 0 Å². The molecule has 0 aromatic carbocycles. The van der Waals surface area contributed by atoms with Crippen molar-refractivity contribution in [1.29, 1.82) is 0 Å². The van der Waals surface area contributed by atoms with Gasteiger partial charge in [0.2, 0.25) is 0 Å². The molecule has 3 rings (SSSR count). The maximum Gasteiger partial charge on any atom is 0.261 e. The van der Waals surface area contributed by atoms with Crippen molar-refractivity contribution < 1.29 is 4.79 Å². The maximum absolute atomic E-state index is 12.5. The van der Waals surface area contributed by atoms with Gasteiger partial charge in [0.05, 0.1) is 10.9 Å². The number of amides is 1. The zero-order chi connectivity index (χ0) is 17.1. The van der Waals surface area contributed by atoms with Gasteiger partial charge in [-0.25, -0.2) is 9.97 Å². The number of nitrogens with zero attached hydrogens (tertiary/aromatic N) is 4. The second-order valence-corrected chi connectivity index (χ2v) is 7.77. The van der Waals surface area contributed by atoms with Gasteiger partial charge in [0.1, 0.15) is 12.1 Å². The maximum atomic E-state index is 12.5. The van der Waals surface area contributed by atoms with Crippen molar-refractivity contribution in [3.8, 4) is 0 Å². The van der Waals surface area contributed by atoms with E-state index in [1.165, 1.54) is 11.3 Å². The van der Waals surface area contributed by atoms with Crippen LogP contribution in [0.5, 0.6) is 0 Å². The fourth-order valence-electron chi connectivity index (χ4n) is 3.14. The van der Waals surface area contributed by atoms with E-state index in [0.717, 1.165) is 35.2 Å². The smallest absolute Gasteiger partial charge is 0.261 e. The Bertz CT molecular complexity index is 687. The van der Waals surface area contributed by atoms with E-state index in [1.807, 2.05) is 25.1 Å². The number of thiophene rings is 1. The second-order valence-electron chi connectivity index (χ2n) is 6.49. The summed E-state index contributed by atoms with van der Waals surface area (Å²) in [5, 5.41) is 3.22. The molecule has 2 aromatic heterocycles. The molecule has 128 valence electrons. The number of anilines is 1. The molecule has 24 heavy (non-hydrogen) atoms. The molecular formula is C17H23N5OS. The molecule has 1 aliphatic heterocycles. The van der Waals surface area contributed by atoms with Crippen molar-refractivity contribution in [2.45, 2.75) is 13.0 Å². The van der Waals surface area contributed by atoms with Gasteiger partial charge in [-0.05, 0) is 39.2 Å². The fraction of sp³-hybridized carbons (Fsp3) is 0.471. The second kappa shape index (κ2) is 7.27. The molecule has 2 aromatic rings. The standard InChI is InChI=1S/C17H23N5OS/c1-12-4-5-15(24-12)17(23)20-14-10-22(9-13(14)8-21(2)3)16-6-7-18-11-19-16/h4-7,11,13-14H,8-10H2,1-3H3,(H,20,23)/t13-,14-/m1/s1. The Morgan fingerprint density at radius 1 is 1.38 bits per heavy atom.